The molecule has 0 aliphatic heterocycles. The molecule has 3 aromatic rings. The molecule has 0 amide bonds. The molecule has 0 saturated carbocycles. The molecule has 20 heavy (non-hydrogen) atoms. The highest BCUT2D eigenvalue weighted by Crippen LogP contribution is 2.18. The van der Waals surface area contributed by atoms with Crippen LogP contribution in [0.2, 0.25) is 0 Å². The van der Waals surface area contributed by atoms with Crippen molar-refractivity contribution in [1.82, 2.24) is 10.1 Å². The maximum atomic E-state index is 5.66. The van der Waals surface area contributed by atoms with Crippen LogP contribution in [-0.2, 0) is 6.42 Å². The Hall–Kier alpha value is -2.62. The van der Waals surface area contributed by atoms with Crippen LogP contribution in [-0.4, -0.2) is 10.1 Å². The zero-order valence-corrected chi connectivity index (χ0v) is 11.2. The quantitative estimate of drug-likeness (QED) is 0.738. The van der Waals surface area contributed by atoms with Gasteiger partial charge in [0.25, 0.3) is 0 Å². The van der Waals surface area contributed by atoms with Crippen molar-refractivity contribution in [3.8, 4) is 11.4 Å². The Balaban J connectivity index is 1.82. The summed E-state index contributed by atoms with van der Waals surface area (Å²) in [5.74, 6) is 1.23. The molecule has 0 bridgehead atoms. The summed E-state index contributed by atoms with van der Waals surface area (Å²) in [7, 11) is 0. The van der Waals surface area contributed by atoms with Crippen molar-refractivity contribution in [1.29, 1.82) is 0 Å². The molecule has 3 rings (SSSR count). The van der Waals surface area contributed by atoms with Gasteiger partial charge in [0.05, 0.1) is 6.42 Å². The molecule has 4 heteroatoms. The van der Waals surface area contributed by atoms with Gasteiger partial charge in [0.15, 0.2) is 0 Å². The lowest BCUT2D eigenvalue weighted by molar-refractivity contribution is 0.385. The predicted octanol–water partition coefficient (Wildman–Crippen LogP) is 3.22. The van der Waals surface area contributed by atoms with Crippen LogP contribution < -0.4 is 5.73 Å². The van der Waals surface area contributed by atoms with E-state index in [0.29, 0.717) is 18.1 Å². The molecular formula is C16H15N3O. The molecular weight excluding hydrogens is 250 g/mol. The molecule has 0 unspecified atom stereocenters. The molecule has 4 nitrogen and oxygen atoms in total. The largest absolute Gasteiger partial charge is 0.399 e. The van der Waals surface area contributed by atoms with Crippen LogP contribution in [0.1, 0.15) is 17.0 Å². The molecule has 100 valence electrons. The average molecular weight is 265 g/mol. The van der Waals surface area contributed by atoms with Crippen LogP contribution in [0.5, 0.6) is 0 Å². The van der Waals surface area contributed by atoms with E-state index >= 15 is 0 Å². The smallest absolute Gasteiger partial charge is 0.231 e. The van der Waals surface area contributed by atoms with Crippen molar-refractivity contribution in [3.05, 3.63) is 65.5 Å². The molecule has 0 atom stereocenters. The second-order valence-corrected chi connectivity index (χ2v) is 4.80. The van der Waals surface area contributed by atoms with Crippen molar-refractivity contribution < 1.29 is 4.52 Å². The lowest BCUT2D eigenvalue weighted by atomic mass is 10.1. The van der Waals surface area contributed by atoms with Crippen LogP contribution in [0.4, 0.5) is 5.69 Å². The van der Waals surface area contributed by atoms with Gasteiger partial charge in [-0.2, -0.15) is 4.98 Å². The summed E-state index contributed by atoms with van der Waals surface area (Å²) in [6, 6.07) is 15.7. The number of anilines is 1. The number of benzene rings is 2. The highest BCUT2D eigenvalue weighted by Gasteiger charge is 2.09. The molecule has 2 N–H and O–H groups in total. The Labute approximate surface area is 117 Å². The Morgan fingerprint density at radius 3 is 2.65 bits per heavy atom. The van der Waals surface area contributed by atoms with Crippen molar-refractivity contribution in [2.75, 3.05) is 5.73 Å². The first-order valence-electron chi connectivity index (χ1n) is 6.45. The maximum Gasteiger partial charge on any atom is 0.231 e. The molecule has 1 heterocycles. The van der Waals surface area contributed by atoms with Gasteiger partial charge in [0.1, 0.15) is 0 Å². The minimum Gasteiger partial charge on any atom is -0.399 e. The first-order valence-corrected chi connectivity index (χ1v) is 6.45. The van der Waals surface area contributed by atoms with Gasteiger partial charge in [-0.3, -0.25) is 0 Å². The molecule has 1 aromatic heterocycles. The Kier molecular flexibility index (Phi) is 3.21. The van der Waals surface area contributed by atoms with E-state index < -0.39 is 0 Å². The lowest BCUT2D eigenvalue weighted by Crippen LogP contribution is -1.90. The van der Waals surface area contributed by atoms with E-state index in [1.807, 2.05) is 55.5 Å². The zero-order valence-electron chi connectivity index (χ0n) is 11.2. The van der Waals surface area contributed by atoms with Gasteiger partial charge >= 0.3 is 0 Å². The fourth-order valence-electron chi connectivity index (χ4n) is 2.04. The zero-order chi connectivity index (χ0) is 13.9. The summed E-state index contributed by atoms with van der Waals surface area (Å²) in [6.45, 7) is 2.04. The van der Waals surface area contributed by atoms with Gasteiger partial charge in [-0.15, -0.1) is 0 Å². The van der Waals surface area contributed by atoms with Crippen LogP contribution in [0, 0.1) is 6.92 Å². The predicted molar refractivity (Wildman–Crippen MR) is 78.1 cm³/mol. The van der Waals surface area contributed by atoms with Gasteiger partial charge < -0.3 is 10.3 Å². The molecule has 0 aliphatic carbocycles. The van der Waals surface area contributed by atoms with Gasteiger partial charge in [-0.05, 0) is 30.7 Å². The summed E-state index contributed by atoms with van der Waals surface area (Å²) in [4.78, 5) is 4.43. The van der Waals surface area contributed by atoms with Gasteiger partial charge in [-0.25, -0.2) is 0 Å². The van der Waals surface area contributed by atoms with E-state index in [2.05, 4.69) is 10.1 Å². The summed E-state index contributed by atoms with van der Waals surface area (Å²) in [6.07, 6.45) is 0.610. The molecule has 0 radical (unpaired) electrons. The Morgan fingerprint density at radius 2 is 1.90 bits per heavy atom. The average Bonchev–Trinajstić information content (AvgIpc) is 2.90. The monoisotopic (exact) mass is 265 g/mol. The highest BCUT2D eigenvalue weighted by atomic mass is 16.5. The number of nitrogens with zero attached hydrogens (tertiary/aromatic N) is 2. The topological polar surface area (TPSA) is 64.9 Å². The van der Waals surface area contributed by atoms with Crippen molar-refractivity contribution >= 4 is 5.69 Å². The Bertz CT molecular complexity index is 717. The number of hydrogen-bond donors (Lipinski definition) is 1. The first kappa shape index (κ1) is 12.4. The summed E-state index contributed by atoms with van der Waals surface area (Å²) >= 11 is 0. The number of aromatic nitrogens is 2. The Morgan fingerprint density at radius 1 is 1.10 bits per heavy atom. The molecule has 0 saturated heterocycles. The third-order valence-electron chi connectivity index (χ3n) is 3.08. The maximum absolute atomic E-state index is 5.66. The van der Waals surface area contributed by atoms with Crippen LogP contribution in [0.15, 0.2) is 53.1 Å². The van der Waals surface area contributed by atoms with Gasteiger partial charge in [0.2, 0.25) is 11.7 Å². The number of rotatable bonds is 3. The van der Waals surface area contributed by atoms with E-state index in [4.69, 9.17) is 10.3 Å². The number of nitrogen functional groups attached to an aromatic ring is 1. The molecule has 0 fully saturated rings. The van der Waals surface area contributed by atoms with E-state index in [9.17, 15) is 0 Å². The van der Waals surface area contributed by atoms with Crippen molar-refractivity contribution in [3.63, 3.8) is 0 Å². The SMILES string of the molecule is Cc1cccc(-c2noc(Cc3ccc(N)cc3)n2)c1. The van der Waals surface area contributed by atoms with Crippen molar-refractivity contribution in [2.45, 2.75) is 13.3 Å². The summed E-state index contributed by atoms with van der Waals surface area (Å²) < 4.78 is 5.30. The normalized spacial score (nSPS) is 10.7. The standard InChI is InChI=1S/C16H15N3O/c1-11-3-2-4-13(9-11)16-18-15(20-19-16)10-12-5-7-14(17)8-6-12/h2-9H,10,17H2,1H3. The van der Waals surface area contributed by atoms with Crippen molar-refractivity contribution in [2.24, 2.45) is 0 Å². The molecule has 2 aromatic carbocycles. The fraction of sp³-hybridized carbons (Fsp3) is 0.125. The van der Waals surface area contributed by atoms with E-state index in [0.717, 1.165) is 16.8 Å². The minimum atomic E-state index is 0.603. The van der Waals surface area contributed by atoms with Gasteiger partial charge in [-0.1, -0.05) is 41.1 Å². The number of aryl methyl sites for hydroxylation is 1. The van der Waals surface area contributed by atoms with E-state index in [1.54, 1.807) is 0 Å². The van der Waals surface area contributed by atoms with Crippen LogP contribution in [0.25, 0.3) is 11.4 Å². The van der Waals surface area contributed by atoms with Gasteiger partial charge in [0, 0.05) is 11.3 Å². The minimum absolute atomic E-state index is 0.603. The lowest BCUT2D eigenvalue weighted by Gasteiger charge is -1.97. The number of hydrogen-bond acceptors (Lipinski definition) is 4. The molecule has 0 aliphatic rings. The third kappa shape index (κ3) is 2.69. The number of nitrogens with two attached hydrogens (primary N) is 1. The molecule has 0 spiro atoms. The second kappa shape index (κ2) is 5.17. The third-order valence-corrected chi connectivity index (χ3v) is 3.08. The van der Waals surface area contributed by atoms with Crippen LogP contribution >= 0.6 is 0 Å². The summed E-state index contributed by atoms with van der Waals surface area (Å²) in [5, 5.41) is 4.03. The highest BCUT2D eigenvalue weighted by molar-refractivity contribution is 5.55. The van der Waals surface area contributed by atoms with E-state index in [-0.39, 0.29) is 0 Å². The summed E-state index contributed by atoms with van der Waals surface area (Å²) in [5.41, 5.74) is 9.65. The second-order valence-electron chi connectivity index (χ2n) is 4.80. The fourth-order valence-corrected chi connectivity index (χ4v) is 2.04. The van der Waals surface area contributed by atoms with E-state index in [1.165, 1.54) is 5.56 Å². The first-order chi connectivity index (χ1) is 9.70. The van der Waals surface area contributed by atoms with Crippen LogP contribution in [0.3, 0.4) is 0 Å².